The molecule has 0 fully saturated rings. The minimum absolute atomic E-state index is 0.0104. The van der Waals surface area contributed by atoms with Crippen molar-refractivity contribution in [3.05, 3.63) is 64.3 Å². The van der Waals surface area contributed by atoms with E-state index >= 15 is 0 Å². The Morgan fingerprint density at radius 2 is 1.96 bits per heavy atom. The van der Waals surface area contributed by atoms with Crippen molar-refractivity contribution in [1.82, 2.24) is 4.98 Å². The van der Waals surface area contributed by atoms with Gasteiger partial charge in [-0.25, -0.2) is 4.79 Å². The number of fused-ring (bicyclic) bond motifs is 1. The predicted molar refractivity (Wildman–Crippen MR) is 98.4 cm³/mol. The van der Waals surface area contributed by atoms with E-state index in [1.165, 1.54) is 0 Å². The van der Waals surface area contributed by atoms with Crippen LogP contribution in [0.3, 0.4) is 0 Å². The lowest BCUT2D eigenvalue weighted by atomic mass is 10.1. The molecule has 2 aromatic carbocycles. The van der Waals surface area contributed by atoms with Gasteiger partial charge in [-0.05, 0) is 36.2 Å². The molecule has 0 unspecified atom stereocenters. The lowest BCUT2D eigenvalue weighted by Gasteiger charge is -2.10. The van der Waals surface area contributed by atoms with Crippen LogP contribution in [0, 0.1) is 0 Å². The van der Waals surface area contributed by atoms with Crippen molar-refractivity contribution in [1.29, 1.82) is 0 Å². The molecular formula is C19H17ClN2O3. The van der Waals surface area contributed by atoms with Gasteiger partial charge in [0.1, 0.15) is 5.69 Å². The maximum atomic E-state index is 12.5. The van der Waals surface area contributed by atoms with Crippen LogP contribution >= 0.6 is 11.6 Å². The molecule has 0 saturated carbocycles. The molecule has 0 aliphatic rings. The summed E-state index contributed by atoms with van der Waals surface area (Å²) < 4.78 is 0. The first-order chi connectivity index (χ1) is 12.0. The number of para-hydroxylation sites is 1. The summed E-state index contributed by atoms with van der Waals surface area (Å²) in [6, 6.07) is 12.6. The number of rotatable bonds is 5. The summed E-state index contributed by atoms with van der Waals surface area (Å²) in [6.07, 6.45) is 0.736. The smallest absolute Gasteiger partial charge is 0.352 e. The number of carbonyl (C=O) groups excluding carboxylic acids is 1. The van der Waals surface area contributed by atoms with Gasteiger partial charge in [0.05, 0.1) is 6.42 Å². The Kier molecular flexibility index (Phi) is 4.76. The topological polar surface area (TPSA) is 82.2 Å². The molecule has 0 aliphatic carbocycles. The van der Waals surface area contributed by atoms with Crippen molar-refractivity contribution in [3.63, 3.8) is 0 Å². The first-order valence-corrected chi connectivity index (χ1v) is 8.28. The SMILES string of the molecule is CCc1ccccc1NC(=O)Cc1c(C(=O)O)[nH]c2ccc(Cl)cc12. The maximum Gasteiger partial charge on any atom is 0.352 e. The van der Waals surface area contributed by atoms with Crippen LogP contribution < -0.4 is 5.32 Å². The van der Waals surface area contributed by atoms with Crippen molar-refractivity contribution >= 4 is 40.1 Å². The summed E-state index contributed by atoms with van der Waals surface area (Å²) in [5, 5.41) is 13.4. The van der Waals surface area contributed by atoms with Crippen molar-refractivity contribution < 1.29 is 14.7 Å². The number of aromatic nitrogens is 1. The van der Waals surface area contributed by atoms with Gasteiger partial charge in [0, 0.05) is 27.2 Å². The summed E-state index contributed by atoms with van der Waals surface area (Å²) in [5.74, 6) is -1.38. The zero-order valence-corrected chi connectivity index (χ0v) is 14.4. The Labute approximate surface area is 149 Å². The van der Waals surface area contributed by atoms with E-state index < -0.39 is 5.97 Å². The third-order valence-corrected chi connectivity index (χ3v) is 4.33. The van der Waals surface area contributed by atoms with Crippen LogP contribution in [0.25, 0.3) is 10.9 Å². The largest absolute Gasteiger partial charge is 0.477 e. The van der Waals surface area contributed by atoms with Crippen LogP contribution in [0.15, 0.2) is 42.5 Å². The van der Waals surface area contributed by atoms with Gasteiger partial charge in [-0.2, -0.15) is 0 Å². The van der Waals surface area contributed by atoms with Crippen LogP contribution in [0.2, 0.25) is 5.02 Å². The molecule has 0 radical (unpaired) electrons. The van der Waals surface area contributed by atoms with Gasteiger partial charge in [0.25, 0.3) is 0 Å². The average molecular weight is 357 g/mol. The van der Waals surface area contributed by atoms with E-state index in [4.69, 9.17) is 11.6 Å². The van der Waals surface area contributed by atoms with Gasteiger partial charge in [-0.3, -0.25) is 4.79 Å². The summed E-state index contributed by atoms with van der Waals surface area (Å²) in [4.78, 5) is 26.9. The highest BCUT2D eigenvalue weighted by molar-refractivity contribution is 6.31. The number of nitrogens with one attached hydrogen (secondary N) is 2. The number of carboxylic acid groups (broad SMARTS) is 1. The maximum absolute atomic E-state index is 12.5. The number of hydrogen-bond acceptors (Lipinski definition) is 2. The number of anilines is 1. The fraction of sp³-hybridized carbons (Fsp3) is 0.158. The summed E-state index contributed by atoms with van der Waals surface area (Å²) >= 11 is 6.02. The van der Waals surface area contributed by atoms with Crippen LogP contribution in [0.1, 0.15) is 28.5 Å². The minimum Gasteiger partial charge on any atom is -0.477 e. The molecule has 0 atom stereocenters. The van der Waals surface area contributed by atoms with Crippen molar-refractivity contribution in [2.24, 2.45) is 0 Å². The van der Waals surface area contributed by atoms with E-state index in [0.717, 1.165) is 17.7 Å². The molecule has 0 spiro atoms. The summed E-state index contributed by atoms with van der Waals surface area (Å²) in [7, 11) is 0. The quantitative estimate of drug-likeness (QED) is 0.638. The van der Waals surface area contributed by atoms with E-state index in [9.17, 15) is 14.7 Å². The number of aryl methyl sites for hydroxylation is 1. The van der Waals surface area contributed by atoms with Gasteiger partial charge < -0.3 is 15.4 Å². The molecular weight excluding hydrogens is 340 g/mol. The van der Waals surface area contributed by atoms with Crippen LogP contribution in [-0.2, 0) is 17.6 Å². The predicted octanol–water partition coefficient (Wildman–Crippen LogP) is 4.26. The molecule has 1 aromatic heterocycles. The van der Waals surface area contributed by atoms with Gasteiger partial charge in [-0.15, -0.1) is 0 Å². The van der Waals surface area contributed by atoms with Crippen molar-refractivity contribution in [3.8, 4) is 0 Å². The van der Waals surface area contributed by atoms with Crippen LogP contribution in [-0.4, -0.2) is 22.0 Å². The standard InChI is InChI=1S/C19H17ClN2O3/c1-2-11-5-3-4-6-15(11)21-17(23)10-14-13-9-12(20)7-8-16(13)22-18(14)19(24)25/h3-9,22H,2,10H2,1H3,(H,21,23)(H,24,25). The normalized spacial score (nSPS) is 10.8. The molecule has 3 N–H and O–H groups in total. The van der Waals surface area contributed by atoms with E-state index in [-0.39, 0.29) is 18.0 Å². The Morgan fingerprint density at radius 3 is 2.68 bits per heavy atom. The third kappa shape index (κ3) is 3.51. The van der Waals surface area contributed by atoms with Crippen LogP contribution in [0.5, 0.6) is 0 Å². The molecule has 0 bridgehead atoms. The minimum atomic E-state index is -1.11. The fourth-order valence-corrected chi connectivity index (χ4v) is 3.06. The monoisotopic (exact) mass is 356 g/mol. The average Bonchev–Trinajstić information content (AvgIpc) is 2.93. The first-order valence-electron chi connectivity index (χ1n) is 7.90. The molecule has 1 heterocycles. The number of aromatic amines is 1. The Hall–Kier alpha value is -2.79. The number of hydrogen-bond donors (Lipinski definition) is 3. The van der Waals surface area contributed by atoms with E-state index in [1.807, 2.05) is 31.2 Å². The molecule has 5 nitrogen and oxygen atoms in total. The molecule has 3 aromatic rings. The highest BCUT2D eigenvalue weighted by Gasteiger charge is 2.20. The first kappa shape index (κ1) is 17.0. The number of carbonyl (C=O) groups is 2. The second-order valence-corrected chi connectivity index (χ2v) is 6.15. The molecule has 1 amide bonds. The summed E-state index contributed by atoms with van der Waals surface area (Å²) in [6.45, 7) is 2.01. The number of aromatic carboxylic acids is 1. The molecule has 128 valence electrons. The van der Waals surface area contributed by atoms with E-state index in [0.29, 0.717) is 21.5 Å². The lowest BCUT2D eigenvalue weighted by molar-refractivity contribution is -0.115. The third-order valence-electron chi connectivity index (χ3n) is 4.09. The number of H-pyrrole nitrogens is 1. The zero-order chi connectivity index (χ0) is 18.0. The van der Waals surface area contributed by atoms with Crippen molar-refractivity contribution in [2.75, 3.05) is 5.32 Å². The van der Waals surface area contributed by atoms with Crippen LogP contribution in [0.4, 0.5) is 5.69 Å². The number of halogens is 1. The fourth-order valence-electron chi connectivity index (χ4n) is 2.89. The Balaban J connectivity index is 1.94. The Morgan fingerprint density at radius 1 is 1.20 bits per heavy atom. The highest BCUT2D eigenvalue weighted by Crippen LogP contribution is 2.27. The highest BCUT2D eigenvalue weighted by atomic mass is 35.5. The number of carboxylic acids is 1. The second kappa shape index (κ2) is 6.99. The van der Waals surface area contributed by atoms with E-state index in [2.05, 4.69) is 10.3 Å². The number of amides is 1. The molecule has 3 rings (SSSR count). The lowest BCUT2D eigenvalue weighted by Crippen LogP contribution is -2.17. The van der Waals surface area contributed by atoms with Gasteiger partial charge >= 0.3 is 5.97 Å². The second-order valence-electron chi connectivity index (χ2n) is 5.71. The molecule has 0 aliphatic heterocycles. The van der Waals surface area contributed by atoms with E-state index in [1.54, 1.807) is 18.2 Å². The van der Waals surface area contributed by atoms with Gasteiger partial charge in [-0.1, -0.05) is 36.7 Å². The van der Waals surface area contributed by atoms with Crippen molar-refractivity contribution in [2.45, 2.75) is 19.8 Å². The molecule has 6 heteroatoms. The van der Waals surface area contributed by atoms with Gasteiger partial charge in [0.2, 0.25) is 5.91 Å². The molecule has 25 heavy (non-hydrogen) atoms. The Bertz CT molecular complexity index is 962. The molecule has 0 saturated heterocycles. The summed E-state index contributed by atoms with van der Waals surface area (Å²) in [5.41, 5.74) is 2.84. The number of benzene rings is 2. The zero-order valence-electron chi connectivity index (χ0n) is 13.6. The van der Waals surface area contributed by atoms with Gasteiger partial charge in [0.15, 0.2) is 0 Å².